The lowest BCUT2D eigenvalue weighted by molar-refractivity contribution is -0.326. The number of carbonyl (C=O) groups is 2. The van der Waals surface area contributed by atoms with Crippen LogP contribution in [0.25, 0.3) is 0 Å². The number of ether oxygens (including phenoxy) is 2. The first kappa shape index (κ1) is 34.1. The van der Waals surface area contributed by atoms with E-state index in [9.17, 15) is 50.4 Å². The van der Waals surface area contributed by atoms with E-state index in [2.05, 4.69) is 5.32 Å². The lowest BCUT2D eigenvalue weighted by Crippen LogP contribution is -2.62. The van der Waals surface area contributed by atoms with Crippen LogP contribution >= 0.6 is 11.8 Å². The van der Waals surface area contributed by atoms with Crippen molar-refractivity contribution in [3.63, 3.8) is 0 Å². The molecule has 0 aromatic rings. The van der Waals surface area contributed by atoms with Crippen LogP contribution in [-0.2, 0) is 19.1 Å². The Hall–Kier alpha value is -0.910. The van der Waals surface area contributed by atoms with Crippen LogP contribution in [0, 0.1) is 5.41 Å². The topological polar surface area (TPSA) is 226 Å². The maximum atomic E-state index is 12.3. The van der Waals surface area contributed by atoms with E-state index in [-0.39, 0.29) is 17.7 Å². The van der Waals surface area contributed by atoms with Gasteiger partial charge in [0.1, 0.15) is 48.5 Å². The maximum absolute atomic E-state index is 12.3. The lowest BCUT2D eigenvalue weighted by atomic mass is 9.88. The van der Waals surface area contributed by atoms with Crippen molar-refractivity contribution in [1.29, 1.82) is 0 Å². The number of hydrogen-bond donors (Lipinski definition) is 9. The first-order chi connectivity index (χ1) is 17.3. The molecular weight excluding hydrogens is 514 g/mol. The van der Waals surface area contributed by atoms with Crippen LogP contribution in [0.4, 0.5) is 0 Å². The molecule has 0 bridgehead atoms. The van der Waals surface area contributed by atoms with E-state index in [1.807, 2.05) is 20.8 Å². The van der Waals surface area contributed by atoms with Gasteiger partial charge in [-0.25, -0.2) is 0 Å². The van der Waals surface area contributed by atoms with Crippen molar-refractivity contribution in [3.8, 4) is 0 Å². The molecule has 0 aliphatic carbocycles. The summed E-state index contributed by atoms with van der Waals surface area (Å²) in [6.45, 7) is 4.10. The molecule has 9 atom stereocenters. The fourth-order valence-corrected chi connectivity index (χ4v) is 4.35. The zero-order chi connectivity index (χ0) is 28.3. The number of amides is 1. The molecule has 13 nitrogen and oxygen atoms in total. The van der Waals surface area contributed by atoms with Crippen molar-refractivity contribution in [2.45, 2.75) is 95.2 Å². The second-order valence-electron chi connectivity index (χ2n) is 10.0. The molecule has 4 unspecified atom stereocenters. The van der Waals surface area contributed by atoms with Crippen molar-refractivity contribution in [2.24, 2.45) is 5.41 Å². The third kappa shape index (κ3) is 10.6. The molecule has 37 heavy (non-hydrogen) atoms. The molecule has 14 heteroatoms. The molecule has 0 aromatic carbocycles. The number of Topliss-reactive ketones (excluding diaryl/α,β-unsaturated/α-hetero) is 1. The molecule has 1 aliphatic heterocycles. The Labute approximate surface area is 220 Å². The molecule has 1 saturated heterocycles. The third-order valence-corrected chi connectivity index (χ3v) is 7.03. The van der Waals surface area contributed by atoms with E-state index in [0.29, 0.717) is 12.2 Å². The first-order valence-corrected chi connectivity index (χ1v) is 13.4. The highest BCUT2D eigenvalue weighted by molar-refractivity contribution is 7.99. The molecule has 1 fully saturated rings. The van der Waals surface area contributed by atoms with Crippen LogP contribution in [0.15, 0.2) is 0 Å². The number of nitrogens with one attached hydrogen (secondary N) is 1. The third-order valence-electron chi connectivity index (χ3n) is 5.96. The number of rotatable bonds is 16. The van der Waals surface area contributed by atoms with Gasteiger partial charge in [0.25, 0.3) is 5.91 Å². The molecule has 0 aromatic heterocycles. The van der Waals surface area contributed by atoms with Crippen molar-refractivity contribution < 1.29 is 59.9 Å². The van der Waals surface area contributed by atoms with E-state index >= 15 is 0 Å². The molecule has 218 valence electrons. The van der Waals surface area contributed by atoms with Crippen LogP contribution in [0.3, 0.4) is 0 Å². The van der Waals surface area contributed by atoms with Gasteiger partial charge in [0, 0.05) is 24.1 Å². The van der Waals surface area contributed by atoms with E-state index in [1.165, 1.54) is 11.8 Å². The average molecular weight is 558 g/mol. The number of aliphatic hydroxyl groups excluding tert-OH is 8. The standard InChI is InChI=1S/C23H43NO12S/c1-23(2,3)14(28)6-4-5-8-37-9-7-24-21(34)18(32)17(31)20(12(27)10-25)36-22-19(33)16(30)15(29)13(11-26)35-22/h12-13,15-20,22,25-27,29-33H,4-11H2,1-3H3,(H,24,34)/t12?,13?,15-,16-,17+,18?,19?,20+,22-/m0/s1. The zero-order valence-electron chi connectivity index (χ0n) is 21.5. The summed E-state index contributed by atoms with van der Waals surface area (Å²) in [5.41, 5.74) is -0.352. The molecular formula is C23H43NO12S. The number of hydrogen-bond acceptors (Lipinski definition) is 13. The Kier molecular flexibility index (Phi) is 15.0. The number of unbranched alkanes of at least 4 members (excludes halogenated alkanes) is 1. The van der Waals surface area contributed by atoms with Gasteiger partial charge in [0.15, 0.2) is 12.4 Å². The largest absolute Gasteiger partial charge is 0.394 e. The predicted octanol–water partition coefficient (Wildman–Crippen LogP) is -3.12. The molecule has 0 saturated carbocycles. The Morgan fingerprint density at radius 2 is 1.65 bits per heavy atom. The monoisotopic (exact) mass is 557 g/mol. The van der Waals surface area contributed by atoms with Crippen LogP contribution in [0.1, 0.15) is 40.0 Å². The SMILES string of the molecule is CC(C)(C)C(=O)CCCCSCCNC(=O)C(O)[C@@H](O)[C@H](O[C@@H]1OC(CO)[C@H](O)[C@H](O)C1O)C(O)CO. The van der Waals surface area contributed by atoms with Crippen LogP contribution in [0.5, 0.6) is 0 Å². The number of carbonyl (C=O) groups excluding carboxylic acids is 2. The summed E-state index contributed by atoms with van der Waals surface area (Å²) < 4.78 is 10.4. The molecule has 1 rings (SSSR count). The number of thioether (sulfide) groups is 1. The molecule has 0 spiro atoms. The fourth-order valence-electron chi connectivity index (χ4n) is 3.49. The minimum atomic E-state index is -2.09. The van der Waals surface area contributed by atoms with Gasteiger partial charge < -0.3 is 55.6 Å². The Balaban J connectivity index is 2.53. The zero-order valence-corrected chi connectivity index (χ0v) is 22.3. The van der Waals surface area contributed by atoms with Gasteiger partial charge in [-0.1, -0.05) is 20.8 Å². The summed E-state index contributed by atoms with van der Waals surface area (Å²) in [5.74, 6) is 0.510. The van der Waals surface area contributed by atoms with E-state index in [1.54, 1.807) is 0 Å². The molecule has 0 radical (unpaired) electrons. The van der Waals surface area contributed by atoms with E-state index in [4.69, 9.17) is 9.47 Å². The van der Waals surface area contributed by atoms with Gasteiger partial charge in [-0.05, 0) is 18.6 Å². The van der Waals surface area contributed by atoms with Crippen molar-refractivity contribution in [1.82, 2.24) is 5.32 Å². The second kappa shape index (κ2) is 16.3. The summed E-state index contributed by atoms with van der Waals surface area (Å²) in [6.07, 6.45) is -14.2. The molecule has 9 N–H and O–H groups in total. The molecule has 1 heterocycles. The maximum Gasteiger partial charge on any atom is 0.251 e. The van der Waals surface area contributed by atoms with Crippen LogP contribution < -0.4 is 5.32 Å². The first-order valence-electron chi connectivity index (χ1n) is 12.3. The summed E-state index contributed by atoms with van der Waals surface area (Å²) >= 11 is 1.54. The Morgan fingerprint density at radius 1 is 1.00 bits per heavy atom. The average Bonchev–Trinajstić information content (AvgIpc) is 2.86. The molecule has 1 amide bonds. The number of ketones is 1. The van der Waals surface area contributed by atoms with Gasteiger partial charge in [0.2, 0.25) is 0 Å². The van der Waals surface area contributed by atoms with Gasteiger partial charge in [-0.2, -0.15) is 11.8 Å². The highest BCUT2D eigenvalue weighted by Gasteiger charge is 2.47. The normalized spacial score (nSPS) is 27.8. The summed E-state index contributed by atoms with van der Waals surface area (Å²) in [7, 11) is 0. The minimum absolute atomic E-state index is 0.162. The highest BCUT2D eigenvalue weighted by atomic mass is 32.2. The van der Waals surface area contributed by atoms with Crippen LogP contribution in [-0.4, -0.2) is 139 Å². The Morgan fingerprint density at radius 3 is 2.22 bits per heavy atom. The minimum Gasteiger partial charge on any atom is -0.394 e. The van der Waals surface area contributed by atoms with Gasteiger partial charge in [-0.3, -0.25) is 9.59 Å². The summed E-state index contributed by atoms with van der Waals surface area (Å²) in [4.78, 5) is 24.2. The lowest BCUT2D eigenvalue weighted by Gasteiger charge is -2.42. The Bertz CT molecular complexity index is 691. The smallest absolute Gasteiger partial charge is 0.251 e. The fraction of sp³-hybridized carbons (Fsp3) is 0.913. The number of aliphatic hydroxyl groups is 8. The summed E-state index contributed by atoms with van der Waals surface area (Å²) in [5, 5.41) is 81.7. The summed E-state index contributed by atoms with van der Waals surface area (Å²) in [6, 6.07) is 0. The van der Waals surface area contributed by atoms with Crippen molar-refractivity contribution in [2.75, 3.05) is 31.3 Å². The van der Waals surface area contributed by atoms with Gasteiger partial charge in [0.05, 0.1) is 13.2 Å². The van der Waals surface area contributed by atoms with Crippen LogP contribution in [0.2, 0.25) is 0 Å². The van der Waals surface area contributed by atoms with Crippen molar-refractivity contribution in [3.05, 3.63) is 0 Å². The molecule has 1 aliphatic rings. The highest BCUT2D eigenvalue weighted by Crippen LogP contribution is 2.25. The van der Waals surface area contributed by atoms with Crippen molar-refractivity contribution >= 4 is 23.5 Å². The van der Waals surface area contributed by atoms with E-state index < -0.39 is 74.2 Å². The van der Waals surface area contributed by atoms with Gasteiger partial charge in [-0.15, -0.1) is 0 Å². The second-order valence-corrected chi connectivity index (χ2v) is 11.2. The van der Waals surface area contributed by atoms with E-state index in [0.717, 1.165) is 18.6 Å². The quantitative estimate of drug-likeness (QED) is 0.0857. The van der Waals surface area contributed by atoms with Gasteiger partial charge >= 0.3 is 0 Å². The predicted molar refractivity (Wildman–Crippen MR) is 132 cm³/mol.